The maximum absolute atomic E-state index is 13.2. The monoisotopic (exact) mass is 485 g/mol. The summed E-state index contributed by atoms with van der Waals surface area (Å²) in [5.74, 6) is 0.709. The zero-order valence-electron chi connectivity index (χ0n) is 16.8. The minimum Gasteiger partial charge on any atom is -0.454 e. The zero-order chi connectivity index (χ0) is 23.2. The van der Waals surface area contributed by atoms with Gasteiger partial charge < -0.3 is 14.4 Å². The van der Waals surface area contributed by atoms with Gasteiger partial charge in [0.1, 0.15) is 0 Å². The Hall–Kier alpha value is -2.91. The third-order valence-electron chi connectivity index (χ3n) is 5.07. The summed E-state index contributed by atoms with van der Waals surface area (Å²) in [7, 11) is 1.57. The molecule has 1 aromatic heterocycles. The molecule has 168 valence electrons. The predicted octanol–water partition coefficient (Wildman–Crippen LogP) is 5.60. The summed E-state index contributed by atoms with van der Waals surface area (Å²) in [5.41, 5.74) is 0.551. The minimum atomic E-state index is -4.70. The van der Waals surface area contributed by atoms with Crippen molar-refractivity contribution in [3.8, 4) is 17.2 Å². The topological polar surface area (TPSA) is 56.6 Å². The molecule has 1 amide bonds. The second-order valence-electron chi connectivity index (χ2n) is 7.00. The number of carbonyl (C=O) groups excluding carboxylic acids is 1. The number of fused-ring (bicyclic) bond motifs is 1. The van der Waals surface area contributed by atoms with Crippen LogP contribution in [0.15, 0.2) is 36.4 Å². The van der Waals surface area contributed by atoms with Crippen LogP contribution in [0.5, 0.6) is 11.5 Å². The van der Waals surface area contributed by atoms with Gasteiger partial charge in [0.05, 0.1) is 28.0 Å². The lowest BCUT2D eigenvalue weighted by Crippen LogP contribution is -2.27. The van der Waals surface area contributed by atoms with Crippen LogP contribution in [-0.4, -0.2) is 29.5 Å². The van der Waals surface area contributed by atoms with Crippen LogP contribution in [0.4, 0.5) is 18.9 Å². The first kappa shape index (κ1) is 22.3. The summed E-state index contributed by atoms with van der Waals surface area (Å²) >= 11 is 11.9. The van der Waals surface area contributed by atoms with Crippen LogP contribution in [0.1, 0.15) is 27.3 Å². The number of ether oxygens (including phenoxy) is 2. The number of carbonyl (C=O) groups is 1. The molecule has 0 spiro atoms. The molecule has 0 fully saturated rings. The second kappa shape index (κ2) is 8.22. The molecule has 2 heterocycles. The maximum Gasteiger partial charge on any atom is 0.436 e. The van der Waals surface area contributed by atoms with Gasteiger partial charge >= 0.3 is 6.18 Å². The highest BCUT2D eigenvalue weighted by molar-refractivity contribution is 6.32. The molecule has 3 aromatic rings. The van der Waals surface area contributed by atoms with Crippen molar-refractivity contribution in [1.29, 1.82) is 0 Å². The van der Waals surface area contributed by atoms with E-state index < -0.39 is 22.8 Å². The predicted molar refractivity (Wildman–Crippen MR) is 113 cm³/mol. The molecule has 11 heteroatoms. The maximum atomic E-state index is 13.2. The number of halogens is 5. The summed E-state index contributed by atoms with van der Waals surface area (Å²) in [4.78, 5) is 14.6. The Bertz CT molecular complexity index is 1210. The smallest absolute Gasteiger partial charge is 0.436 e. The van der Waals surface area contributed by atoms with Gasteiger partial charge in [-0.05, 0) is 37.3 Å². The van der Waals surface area contributed by atoms with E-state index in [1.165, 1.54) is 24.0 Å². The van der Waals surface area contributed by atoms with Crippen LogP contribution < -0.4 is 14.4 Å². The van der Waals surface area contributed by atoms with E-state index in [0.717, 1.165) is 4.68 Å². The first-order valence-electron chi connectivity index (χ1n) is 9.31. The van der Waals surface area contributed by atoms with E-state index in [4.69, 9.17) is 32.7 Å². The SMILES string of the molecule is Cc1c(Cl)c(C(F)(F)F)nn1-c1cccc(C(=O)N(C)c2ccc3c(c2CCl)OCO3)c1. The van der Waals surface area contributed by atoms with E-state index in [1.54, 1.807) is 31.3 Å². The molecule has 2 aromatic carbocycles. The molecule has 0 radical (unpaired) electrons. The second-order valence-corrected chi connectivity index (χ2v) is 7.65. The first-order valence-corrected chi connectivity index (χ1v) is 10.2. The van der Waals surface area contributed by atoms with Crippen molar-refractivity contribution in [2.24, 2.45) is 0 Å². The Morgan fingerprint density at radius 3 is 2.66 bits per heavy atom. The van der Waals surface area contributed by atoms with E-state index in [2.05, 4.69) is 5.10 Å². The summed E-state index contributed by atoms with van der Waals surface area (Å²) < 4.78 is 51.4. The highest BCUT2D eigenvalue weighted by Crippen LogP contribution is 2.42. The first-order chi connectivity index (χ1) is 15.1. The molecule has 6 nitrogen and oxygen atoms in total. The Morgan fingerprint density at radius 2 is 2.00 bits per heavy atom. The number of hydrogen-bond donors (Lipinski definition) is 0. The molecule has 4 rings (SSSR count). The van der Waals surface area contributed by atoms with E-state index in [1.807, 2.05) is 0 Å². The van der Waals surface area contributed by atoms with Gasteiger partial charge in [0, 0.05) is 18.2 Å². The molecule has 0 saturated carbocycles. The average molecular weight is 486 g/mol. The van der Waals surface area contributed by atoms with Gasteiger partial charge in [0.15, 0.2) is 17.2 Å². The Balaban J connectivity index is 1.70. The van der Waals surface area contributed by atoms with Crippen LogP contribution in [0, 0.1) is 6.92 Å². The number of nitrogens with zero attached hydrogens (tertiary/aromatic N) is 3. The normalized spacial score (nSPS) is 12.8. The van der Waals surface area contributed by atoms with E-state index in [0.29, 0.717) is 22.7 Å². The van der Waals surface area contributed by atoms with Crippen molar-refractivity contribution in [2.45, 2.75) is 19.0 Å². The number of rotatable bonds is 4. The Morgan fingerprint density at radius 1 is 1.25 bits per heavy atom. The molecule has 0 N–H and O–H groups in total. The summed E-state index contributed by atoms with van der Waals surface area (Å²) in [6.07, 6.45) is -4.70. The van der Waals surface area contributed by atoms with Crippen LogP contribution in [0.2, 0.25) is 5.02 Å². The van der Waals surface area contributed by atoms with Gasteiger partial charge in [-0.1, -0.05) is 17.7 Å². The van der Waals surface area contributed by atoms with Gasteiger partial charge in [0.25, 0.3) is 5.91 Å². The highest BCUT2D eigenvalue weighted by atomic mass is 35.5. The molecule has 0 saturated heterocycles. The Labute approximate surface area is 191 Å². The van der Waals surface area contributed by atoms with E-state index >= 15 is 0 Å². The van der Waals surface area contributed by atoms with Crippen molar-refractivity contribution in [1.82, 2.24) is 9.78 Å². The average Bonchev–Trinajstić information content (AvgIpc) is 3.36. The van der Waals surface area contributed by atoms with Gasteiger partial charge in [-0.25, -0.2) is 4.68 Å². The molecule has 0 unspecified atom stereocenters. The lowest BCUT2D eigenvalue weighted by molar-refractivity contribution is -0.141. The zero-order valence-corrected chi connectivity index (χ0v) is 18.3. The van der Waals surface area contributed by atoms with Crippen molar-refractivity contribution < 1.29 is 27.4 Å². The van der Waals surface area contributed by atoms with Crippen LogP contribution in [-0.2, 0) is 12.1 Å². The fourth-order valence-electron chi connectivity index (χ4n) is 3.45. The lowest BCUT2D eigenvalue weighted by Gasteiger charge is -2.21. The van der Waals surface area contributed by atoms with Crippen molar-refractivity contribution in [2.75, 3.05) is 18.7 Å². The molecule has 0 atom stereocenters. The highest BCUT2D eigenvalue weighted by Gasteiger charge is 2.38. The van der Waals surface area contributed by atoms with Gasteiger partial charge in [0.2, 0.25) is 6.79 Å². The van der Waals surface area contributed by atoms with Crippen molar-refractivity contribution in [3.63, 3.8) is 0 Å². The van der Waals surface area contributed by atoms with Crippen LogP contribution in [0.3, 0.4) is 0 Å². The standard InChI is InChI=1S/C21H16Cl2F3N3O3/c1-11-17(23)19(21(24,25)26)27-29(11)13-5-3-4-12(8-13)20(30)28(2)15-6-7-16-18(14(15)9-22)32-10-31-16/h3-8H,9-10H2,1-2H3. The number of anilines is 1. The van der Waals surface area contributed by atoms with Crippen molar-refractivity contribution >= 4 is 34.8 Å². The molecule has 1 aliphatic heterocycles. The third-order valence-corrected chi connectivity index (χ3v) is 5.79. The van der Waals surface area contributed by atoms with Crippen molar-refractivity contribution in [3.05, 3.63) is 63.9 Å². The lowest BCUT2D eigenvalue weighted by atomic mass is 10.1. The number of benzene rings is 2. The van der Waals surface area contributed by atoms with Crippen LogP contribution >= 0.6 is 23.2 Å². The molecular formula is C21H16Cl2F3N3O3. The largest absolute Gasteiger partial charge is 0.454 e. The minimum absolute atomic E-state index is 0.0636. The third kappa shape index (κ3) is 3.75. The number of hydrogen-bond acceptors (Lipinski definition) is 4. The van der Waals surface area contributed by atoms with E-state index in [-0.39, 0.29) is 29.6 Å². The molecular weight excluding hydrogens is 470 g/mol. The van der Waals surface area contributed by atoms with Gasteiger partial charge in [-0.3, -0.25) is 4.79 Å². The number of alkyl halides is 4. The molecule has 0 aliphatic carbocycles. The molecule has 1 aliphatic rings. The number of amides is 1. The molecule has 32 heavy (non-hydrogen) atoms. The summed E-state index contributed by atoms with van der Waals surface area (Å²) in [5, 5.41) is 3.12. The van der Waals surface area contributed by atoms with Gasteiger partial charge in [-0.2, -0.15) is 18.3 Å². The summed E-state index contributed by atoms with van der Waals surface area (Å²) in [6, 6.07) is 9.48. The van der Waals surface area contributed by atoms with Gasteiger partial charge in [-0.15, -0.1) is 11.6 Å². The fraction of sp³-hybridized carbons (Fsp3) is 0.238. The summed E-state index contributed by atoms with van der Waals surface area (Å²) in [6.45, 7) is 1.48. The Kier molecular flexibility index (Phi) is 5.72. The number of aromatic nitrogens is 2. The fourth-order valence-corrected chi connectivity index (χ4v) is 3.94. The van der Waals surface area contributed by atoms with E-state index in [9.17, 15) is 18.0 Å². The van der Waals surface area contributed by atoms with Crippen LogP contribution in [0.25, 0.3) is 5.69 Å². The quantitative estimate of drug-likeness (QED) is 0.451. The molecule has 0 bridgehead atoms.